The van der Waals surface area contributed by atoms with Gasteiger partial charge in [-0.15, -0.1) is 11.3 Å². The van der Waals surface area contributed by atoms with E-state index in [1.165, 1.54) is 27.8 Å². The van der Waals surface area contributed by atoms with E-state index in [2.05, 4.69) is 5.16 Å². The Morgan fingerprint density at radius 1 is 1.12 bits per heavy atom. The van der Waals surface area contributed by atoms with E-state index >= 15 is 0 Å². The molecule has 7 nitrogen and oxygen atoms in total. The maximum absolute atomic E-state index is 14.0. The summed E-state index contributed by atoms with van der Waals surface area (Å²) in [4.78, 5) is 16.1. The number of benzene rings is 1. The van der Waals surface area contributed by atoms with Crippen molar-refractivity contribution in [2.45, 2.75) is 25.2 Å². The van der Waals surface area contributed by atoms with Crippen LogP contribution >= 0.6 is 11.3 Å². The lowest BCUT2D eigenvalue weighted by Gasteiger charge is -2.21. The molecule has 0 N–H and O–H groups in total. The first-order chi connectivity index (χ1) is 15.8. The Bertz CT molecular complexity index is 1280. The maximum atomic E-state index is 14.0. The lowest BCUT2D eigenvalue weighted by molar-refractivity contribution is -0.125. The molecular weight excluding hydrogens is 465 g/mol. The topological polar surface area (TPSA) is 83.7 Å². The van der Waals surface area contributed by atoms with E-state index in [1.54, 1.807) is 43.0 Å². The van der Waals surface area contributed by atoms with Crippen molar-refractivity contribution in [3.05, 3.63) is 64.6 Å². The van der Waals surface area contributed by atoms with Crippen LogP contribution in [0.5, 0.6) is 0 Å². The van der Waals surface area contributed by atoms with Gasteiger partial charge in [0.25, 0.3) is 0 Å². The lowest BCUT2D eigenvalue weighted by atomic mass is 10.2. The van der Waals surface area contributed by atoms with E-state index in [1.807, 2.05) is 12.1 Å². The van der Waals surface area contributed by atoms with Gasteiger partial charge in [-0.05, 0) is 44.5 Å². The highest BCUT2D eigenvalue weighted by molar-refractivity contribution is 7.89. The molecule has 0 saturated carbocycles. The Morgan fingerprint density at radius 3 is 2.64 bits per heavy atom. The predicted octanol–water partition coefficient (Wildman–Crippen LogP) is 4.10. The monoisotopic (exact) mass is 489 g/mol. The Hall–Kier alpha value is -2.82. The molecule has 1 aliphatic heterocycles. The number of hydrogen-bond donors (Lipinski definition) is 0. The largest absolute Gasteiger partial charge is 0.360 e. The first-order valence-corrected chi connectivity index (χ1v) is 12.8. The van der Waals surface area contributed by atoms with E-state index < -0.39 is 10.0 Å². The summed E-state index contributed by atoms with van der Waals surface area (Å²) < 4.78 is 46.5. The first-order valence-electron chi connectivity index (χ1n) is 10.5. The third-order valence-corrected chi connectivity index (χ3v) is 8.72. The molecule has 0 aliphatic carbocycles. The van der Waals surface area contributed by atoms with Crippen molar-refractivity contribution in [1.82, 2.24) is 14.4 Å². The maximum Gasteiger partial charge on any atom is 0.248 e. The fourth-order valence-corrected chi connectivity index (χ4v) is 6.53. The molecule has 4 rings (SSSR count). The number of rotatable bonds is 5. The zero-order chi connectivity index (χ0) is 23.6. The number of halogens is 1. The molecule has 0 bridgehead atoms. The van der Waals surface area contributed by atoms with Crippen molar-refractivity contribution in [2.24, 2.45) is 0 Å². The zero-order valence-electron chi connectivity index (χ0n) is 18.3. The summed E-state index contributed by atoms with van der Waals surface area (Å²) in [5.74, 6) is -0.211. The number of thiophene rings is 1. The molecule has 33 heavy (non-hydrogen) atoms. The minimum absolute atomic E-state index is 0.102. The van der Waals surface area contributed by atoms with Gasteiger partial charge >= 0.3 is 0 Å². The molecule has 1 saturated heterocycles. The van der Waals surface area contributed by atoms with Crippen LogP contribution in [0.25, 0.3) is 16.5 Å². The smallest absolute Gasteiger partial charge is 0.248 e. The van der Waals surface area contributed by atoms with Gasteiger partial charge < -0.3 is 9.42 Å². The number of sulfonamides is 1. The van der Waals surface area contributed by atoms with Crippen molar-refractivity contribution in [3.63, 3.8) is 0 Å². The van der Waals surface area contributed by atoms with Gasteiger partial charge in [-0.25, -0.2) is 12.8 Å². The fraction of sp³-hybridized carbons (Fsp3) is 0.304. The van der Waals surface area contributed by atoms with Crippen molar-refractivity contribution in [2.75, 3.05) is 26.2 Å². The summed E-state index contributed by atoms with van der Waals surface area (Å²) in [5.41, 5.74) is 0.860. The van der Waals surface area contributed by atoms with E-state index in [9.17, 15) is 17.6 Å². The normalized spacial score (nSPS) is 15.8. The van der Waals surface area contributed by atoms with Gasteiger partial charge in [0, 0.05) is 47.6 Å². The van der Waals surface area contributed by atoms with Crippen LogP contribution in [-0.2, 0) is 14.8 Å². The van der Waals surface area contributed by atoms with Crippen molar-refractivity contribution >= 4 is 33.3 Å². The quantitative estimate of drug-likeness (QED) is 0.504. The number of nitrogens with zero attached hydrogens (tertiary/aromatic N) is 3. The van der Waals surface area contributed by atoms with Crippen molar-refractivity contribution in [1.29, 1.82) is 0 Å². The van der Waals surface area contributed by atoms with Crippen molar-refractivity contribution in [3.8, 4) is 10.4 Å². The van der Waals surface area contributed by atoms with Crippen LogP contribution in [0.2, 0.25) is 0 Å². The van der Waals surface area contributed by atoms with Gasteiger partial charge in [0.05, 0.1) is 0 Å². The zero-order valence-corrected chi connectivity index (χ0v) is 20.0. The number of aromatic nitrogens is 1. The second-order valence-corrected chi connectivity index (χ2v) is 10.7. The molecule has 0 radical (unpaired) electrons. The number of amides is 1. The van der Waals surface area contributed by atoms with Gasteiger partial charge in [0.1, 0.15) is 16.4 Å². The summed E-state index contributed by atoms with van der Waals surface area (Å²) in [6, 6.07) is 10.2. The van der Waals surface area contributed by atoms with Crippen LogP contribution in [0.15, 0.2) is 51.9 Å². The molecule has 3 aromatic rings. The van der Waals surface area contributed by atoms with Crippen LogP contribution in [0, 0.1) is 19.7 Å². The second kappa shape index (κ2) is 9.58. The number of hydrogen-bond acceptors (Lipinski definition) is 6. The third kappa shape index (κ3) is 4.92. The highest BCUT2D eigenvalue weighted by Gasteiger charge is 2.32. The van der Waals surface area contributed by atoms with E-state index in [0.29, 0.717) is 30.8 Å². The average Bonchev–Trinajstić information content (AvgIpc) is 3.29. The van der Waals surface area contributed by atoms with Crippen LogP contribution in [0.4, 0.5) is 4.39 Å². The SMILES string of the molecule is Cc1noc(C)c1S(=O)(=O)N1CCCN(C(=O)/C=C/c2ccc(-c3ccccc3F)s2)CC1. The number of carbonyl (C=O) groups excluding carboxylic acids is 1. The van der Waals surface area contributed by atoms with Gasteiger partial charge in [0.15, 0.2) is 5.76 Å². The van der Waals surface area contributed by atoms with Crippen molar-refractivity contribution < 1.29 is 22.1 Å². The summed E-state index contributed by atoms with van der Waals surface area (Å²) in [7, 11) is -3.74. The second-order valence-electron chi connectivity index (χ2n) is 7.75. The highest BCUT2D eigenvalue weighted by Crippen LogP contribution is 2.30. The molecule has 2 aromatic heterocycles. The van der Waals surface area contributed by atoms with Crippen LogP contribution in [0.3, 0.4) is 0 Å². The summed E-state index contributed by atoms with van der Waals surface area (Å²) in [6.45, 7) is 4.44. The lowest BCUT2D eigenvalue weighted by Crippen LogP contribution is -2.37. The minimum atomic E-state index is -3.74. The standard InChI is InChI=1S/C23H24FN3O4S2/c1-16-23(17(2)31-25-16)33(29,30)27-13-5-12-26(14-15-27)22(28)11-9-18-8-10-21(32-18)19-6-3-4-7-20(19)24/h3-4,6-11H,5,12-15H2,1-2H3/b11-9+. The van der Waals surface area contributed by atoms with Gasteiger partial charge in [-0.1, -0.05) is 23.4 Å². The molecule has 0 unspecified atom stereocenters. The average molecular weight is 490 g/mol. The van der Waals surface area contributed by atoms with Gasteiger partial charge in [0.2, 0.25) is 15.9 Å². The first kappa shape index (κ1) is 23.3. The highest BCUT2D eigenvalue weighted by atomic mass is 32.2. The van der Waals surface area contributed by atoms with Crippen LogP contribution in [-0.4, -0.2) is 54.9 Å². The Kier molecular flexibility index (Phi) is 6.78. The molecule has 3 heterocycles. The number of carbonyl (C=O) groups is 1. The van der Waals surface area contributed by atoms with Gasteiger partial charge in [-0.3, -0.25) is 4.79 Å². The molecule has 1 amide bonds. The van der Waals surface area contributed by atoms with Crippen LogP contribution < -0.4 is 0 Å². The molecular formula is C23H24FN3O4S2. The van der Waals surface area contributed by atoms with E-state index in [0.717, 1.165) is 9.75 Å². The summed E-state index contributed by atoms with van der Waals surface area (Å²) >= 11 is 1.40. The van der Waals surface area contributed by atoms with E-state index in [4.69, 9.17) is 4.52 Å². The van der Waals surface area contributed by atoms with E-state index in [-0.39, 0.29) is 35.5 Å². The Morgan fingerprint density at radius 2 is 1.91 bits per heavy atom. The molecule has 10 heteroatoms. The Labute approximate surface area is 196 Å². The van der Waals surface area contributed by atoms with Gasteiger partial charge in [-0.2, -0.15) is 4.31 Å². The predicted molar refractivity (Wildman–Crippen MR) is 125 cm³/mol. The molecule has 0 atom stereocenters. The fourth-order valence-electron chi connectivity index (χ4n) is 3.83. The van der Waals surface area contributed by atoms with Crippen LogP contribution in [0.1, 0.15) is 22.8 Å². The number of aryl methyl sites for hydroxylation is 2. The summed E-state index contributed by atoms with van der Waals surface area (Å²) in [5, 5.41) is 3.75. The summed E-state index contributed by atoms with van der Waals surface area (Å²) in [6.07, 6.45) is 3.72. The minimum Gasteiger partial charge on any atom is -0.360 e. The molecule has 0 spiro atoms. The molecule has 1 fully saturated rings. The molecule has 1 aliphatic rings. The Balaban J connectivity index is 1.41. The molecule has 1 aromatic carbocycles. The molecule has 174 valence electrons. The third-order valence-electron chi connectivity index (χ3n) is 5.49.